The third-order valence-electron chi connectivity index (χ3n) is 2.94. The Bertz CT molecular complexity index is 516. The molecule has 0 saturated heterocycles. The number of rotatable bonds is 5. The molecule has 4 nitrogen and oxygen atoms in total. The van der Waals surface area contributed by atoms with Crippen molar-refractivity contribution in [2.45, 2.75) is 33.2 Å². The number of aromatic nitrogens is 3. The van der Waals surface area contributed by atoms with Crippen LogP contribution in [0.4, 0.5) is 0 Å². The Kier molecular flexibility index (Phi) is 4.10. The van der Waals surface area contributed by atoms with Gasteiger partial charge in [0.25, 0.3) is 0 Å². The molecule has 0 aliphatic rings. The van der Waals surface area contributed by atoms with E-state index < -0.39 is 0 Å². The van der Waals surface area contributed by atoms with Gasteiger partial charge in [0.1, 0.15) is 5.82 Å². The minimum absolute atomic E-state index is 0.834. The van der Waals surface area contributed by atoms with E-state index in [-0.39, 0.29) is 0 Å². The Morgan fingerprint density at radius 3 is 2.61 bits per heavy atom. The lowest BCUT2D eigenvalue weighted by atomic mass is 10.1. The highest BCUT2D eigenvalue weighted by Gasteiger charge is 2.11. The molecule has 96 valence electrons. The molecule has 2 aromatic rings. The fraction of sp³-hybridized carbons (Fsp3) is 0.429. The molecule has 0 spiro atoms. The Labute approximate surface area is 108 Å². The van der Waals surface area contributed by atoms with Crippen LogP contribution in [-0.4, -0.2) is 21.8 Å². The zero-order valence-electron chi connectivity index (χ0n) is 11.3. The van der Waals surface area contributed by atoms with Gasteiger partial charge in [0.2, 0.25) is 0 Å². The maximum absolute atomic E-state index is 4.59. The molecule has 0 aliphatic heterocycles. The average Bonchev–Trinajstić information content (AvgIpc) is 2.83. The maximum Gasteiger partial charge on any atom is 0.151 e. The summed E-state index contributed by atoms with van der Waals surface area (Å²) < 4.78 is 1.98. The molecule has 0 fully saturated rings. The van der Waals surface area contributed by atoms with E-state index in [1.807, 2.05) is 17.8 Å². The van der Waals surface area contributed by atoms with Gasteiger partial charge in [-0.3, -0.25) is 0 Å². The molecule has 1 heterocycles. The van der Waals surface area contributed by atoms with Crippen LogP contribution in [0.2, 0.25) is 0 Å². The minimum atomic E-state index is 0.834. The Morgan fingerprint density at radius 1 is 1.17 bits per heavy atom. The molecule has 0 bridgehead atoms. The van der Waals surface area contributed by atoms with E-state index in [1.54, 1.807) is 0 Å². The van der Waals surface area contributed by atoms with Gasteiger partial charge in [-0.1, -0.05) is 32.0 Å². The van der Waals surface area contributed by atoms with Crippen molar-refractivity contribution in [3.05, 3.63) is 41.5 Å². The molecule has 1 N–H and O–H groups in total. The van der Waals surface area contributed by atoms with Crippen LogP contribution >= 0.6 is 0 Å². The standard InChI is InChI=1S/C14H20N4/c1-4-13-16-14(5-2)18(17-13)12-9-7-6-8-11(12)10-15-3/h6-9,15H,4-5,10H2,1-3H3. The highest BCUT2D eigenvalue weighted by molar-refractivity contribution is 5.41. The summed E-state index contributed by atoms with van der Waals surface area (Å²) in [7, 11) is 1.95. The molecule has 0 unspecified atom stereocenters. The van der Waals surface area contributed by atoms with Crippen LogP contribution in [0.25, 0.3) is 5.69 Å². The van der Waals surface area contributed by atoms with E-state index in [0.717, 1.165) is 36.7 Å². The monoisotopic (exact) mass is 244 g/mol. The van der Waals surface area contributed by atoms with Gasteiger partial charge in [-0.25, -0.2) is 9.67 Å². The van der Waals surface area contributed by atoms with Crippen LogP contribution in [0, 0.1) is 0 Å². The van der Waals surface area contributed by atoms with Gasteiger partial charge in [-0.15, -0.1) is 0 Å². The number of hydrogen-bond acceptors (Lipinski definition) is 3. The summed E-state index contributed by atoms with van der Waals surface area (Å²) >= 11 is 0. The summed E-state index contributed by atoms with van der Waals surface area (Å²) in [5.74, 6) is 1.93. The number of benzene rings is 1. The molecule has 2 rings (SSSR count). The zero-order chi connectivity index (χ0) is 13.0. The van der Waals surface area contributed by atoms with Crippen molar-refractivity contribution in [3.8, 4) is 5.69 Å². The van der Waals surface area contributed by atoms with E-state index in [0.29, 0.717) is 0 Å². The van der Waals surface area contributed by atoms with Crippen LogP contribution in [-0.2, 0) is 19.4 Å². The van der Waals surface area contributed by atoms with E-state index in [2.05, 4.69) is 47.4 Å². The summed E-state index contributed by atoms with van der Waals surface area (Å²) in [5, 5.41) is 7.78. The lowest BCUT2D eigenvalue weighted by molar-refractivity contribution is 0.756. The first-order chi connectivity index (χ1) is 8.80. The lowest BCUT2D eigenvalue weighted by Gasteiger charge is -2.10. The largest absolute Gasteiger partial charge is 0.316 e. The van der Waals surface area contributed by atoms with Crippen LogP contribution in [0.3, 0.4) is 0 Å². The van der Waals surface area contributed by atoms with Gasteiger partial charge in [-0.05, 0) is 18.7 Å². The summed E-state index contributed by atoms with van der Waals surface area (Å²) in [6, 6.07) is 8.32. The highest BCUT2D eigenvalue weighted by Crippen LogP contribution is 2.16. The van der Waals surface area contributed by atoms with Crippen LogP contribution in [0.5, 0.6) is 0 Å². The van der Waals surface area contributed by atoms with Crippen molar-refractivity contribution in [3.63, 3.8) is 0 Å². The van der Waals surface area contributed by atoms with Gasteiger partial charge < -0.3 is 5.32 Å². The Balaban J connectivity index is 2.50. The fourth-order valence-corrected chi connectivity index (χ4v) is 2.02. The van der Waals surface area contributed by atoms with Crippen molar-refractivity contribution >= 4 is 0 Å². The van der Waals surface area contributed by atoms with Crippen LogP contribution in [0.15, 0.2) is 24.3 Å². The van der Waals surface area contributed by atoms with Gasteiger partial charge >= 0.3 is 0 Å². The predicted octanol–water partition coefficient (Wildman–Crippen LogP) is 2.11. The zero-order valence-corrected chi connectivity index (χ0v) is 11.3. The Hall–Kier alpha value is -1.68. The van der Waals surface area contributed by atoms with E-state index in [1.165, 1.54) is 5.56 Å². The molecule has 0 amide bonds. The minimum Gasteiger partial charge on any atom is -0.316 e. The second-order valence-electron chi connectivity index (χ2n) is 4.22. The molecule has 0 radical (unpaired) electrons. The van der Waals surface area contributed by atoms with Gasteiger partial charge in [0.15, 0.2) is 5.82 Å². The summed E-state index contributed by atoms with van der Waals surface area (Å²) in [6.07, 6.45) is 1.76. The average molecular weight is 244 g/mol. The lowest BCUT2D eigenvalue weighted by Crippen LogP contribution is -2.11. The first kappa shape index (κ1) is 12.8. The second kappa shape index (κ2) is 5.78. The SMILES string of the molecule is CCc1nc(CC)n(-c2ccccc2CNC)n1. The second-order valence-corrected chi connectivity index (χ2v) is 4.22. The van der Waals surface area contributed by atoms with Crippen molar-refractivity contribution in [2.75, 3.05) is 7.05 Å². The van der Waals surface area contributed by atoms with Gasteiger partial charge in [0.05, 0.1) is 5.69 Å². The topological polar surface area (TPSA) is 42.7 Å². The molecule has 0 atom stereocenters. The molecule has 18 heavy (non-hydrogen) atoms. The summed E-state index contributed by atoms with van der Waals surface area (Å²) in [6.45, 7) is 5.03. The first-order valence-electron chi connectivity index (χ1n) is 6.47. The molecule has 1 aromatic carbocycles. The van der Waals surface area contributed by atoms with E-state index in [4.69, 9.17) is 0 Å². The van der Waals surface area contributed by atoms with Crippen molar-refractivity contribution < 1.29 is 0 Å². The molecule has 4 heteroatoms. The molecular weight excluding hydrogens is 224 g/mol. The maximum atomic E-state index is 4.59. The normalized spacial score (nSPS) is 10.8. The molecular formula is C14H20N4. The number of aryl methyl sites for hydroxylation is 2. The smallest absolute Gasteiger partial charge is 0.151 e. The van der Waals surface area contributed by atoms with Gasteiger partial charge in [-0.2, -0.15) is 5.10 Å². The van der Waals surface area contributed by atoms with Crippen molar-refractivity contribution in [1.29, 1.82) is 0 Å². The van der Waals surface area contributed by atoms with E-state index in [9.17, 15) is 0 Å². The summed E-state index contributed by atoms with van der Waals surface area (Å²) in [5.41, 5.74) is 2.36. The van der Waals surface area contributed by atoms with E-state index >= 15 is 0 Å². The third kappa shape index (κ3) is 2.43. The molecule has 1 aromatic heterocycles. The Morgan fingerprint density at radius 2 is 1.94 bits per heavy atom. The van der Waals surface area contributed by atoms with Crippen molar-refractivity contribution in [1.82, 2.24) is 20.1 Å². The number of para-hydroxylation sites is 1. The van der Waals surface area contributed by atoms with Gasteiger partial charge in [0, 0.05) is 19.4 Å². The van der Waals surface area contributed by atoms with Crippen LogP contribution in [0.1, 0.15) is 31.1 Å². The quantitative estimate of drug-likeness (QED) is 0.876. The predicted molar refractivity (Wildman–Crippen MR) is 72.9 cm³/mol. The first-order valence-corrected chi connectivity index (χ1v) is 6.47. The number of hydrogen-bond donors (Lipinski definition) is 1. The number of nitrogens with zero attached hydrogens (tertiary/aromatic N) is 3. The van der Waals surface area contributed by atoms with Crippen LogP contribution < -0.4 is 5.32 Å². The molecule has 0 aliphatic carbocycles. The fourth-order valence-electron chi connectivity index (χ4n) is 2.02. The molecule has 0 saturated carbocycles. The van der Waals surface area contributed by atoms with Crippen molar-refractivity contribution in [2.24, 2.45) is 0 Å². The highest BCUT2D eigenvalue weighted by atomic mass is 15.4. The number of nitrogens with one attached hydrogen (secondary N) is 1. The summed E-state index contributed by atoms with van der Waals surface area (Å²) in [4.78, 5) is 4.56. The third-order valence-corrected chi connectivity index (χ3v) is 2.94.